The molecule has 0 amide bonds. The largest absolute Gasteiger partial charge is 0.268 e. The van der Waals surface area contributed by atoms with Crippen molar-refractivity contribution < 1.29 is 0 Å². The Balaban J connectivity index is 1.77. The van der Waals surface area contributed by atoms with E-state index in [0.717, 1.165) is 46.1 Å². The van der Waals surface area contributed by atoms with Crippen LogP contribution in [0.2, 0.25) is 0 Å². The van der Waals surface area contributed by atoms with Crippen molar-refractivity contribution in [3.8, 4) is 5.69 Å². The van der Waals surface area contributed by atoms with E-state index >= 15 is 0 Å². The zero-order chi connectivity index (χ0) is 17.9. The van der Waals surface area contributed by atoms with Gasteiger partial charge in [-0.05, 0) is 43.4 Å². The average molecular weight is 385 g/mol. The maximum absolute atomic E-state index is 13.4. The summed E-state index contributed by atoms with van der Waals surface area (Å²) in [6, 6.07) is 9.96. The highest BCUT2D eigenvalue weighted by molar-refractivity contribution is 7.99. The van der Waals surface area contributed by atoms with Crippen LogP contribution in [0.1, 0.15) is 49.5 Å². The Kier molecular flexibility index (Phi) is 5.46. The van der Waals surface area contributed by atoms with E-state index in [4.69, 9.17) is 4.98 Å². The second kappa shape index (κ2) is 7.97. The highest BCUT2D eigenvalue weighted by Gasteiger charge is 2.23. The van der Waals surface area contributed by atoms with E-state index < -0.39 is 0 Å². The van der Waals surface area contributed by atoms with Crippen LogP contribution >= 0.6 is 23.1 Å². The van der Waals surface area contributed by atoms with Gasteiger partial charge in [0.15, 0.2) is 5.16 Å². The molecule has 0 unspecified atom stereocenters. The first kappa shape index (κ1) is 17.8. The molecule has 0 saturated carbocycles. The summed E-state index contributed by atoms with van der Waals surface area (Å²) in [4.78, 5) is 20.7. The van der Waals surface area contributed by atoms with Crippen LogP contribution in [0.4, 0.5) is 0 Å². The Morgan fingerprint density at radius 2 is 2.00 bits per heavy atom. The van der Waals surface area contributed by atoms with Crippen molar-refractivity contribution >= 4 is 33.3 Å². The molecule has 2 aromatic heterocycles. The van der Waals surface area contributed by atoms with Crippen molar-refractivity contribution in [1.29, 1.82) is 0 Å². The minimum atomic E-state index is 0.108. The van der Waals surface area contributed by atoms with Crippen molar-refractivity contribution in [2.75, 3.05) is 5.75 Å². The number of benzene rings is 1. The third kappa shape index (κ3) is 3.35. The van der Waals surface area contributed by atoms with Crippen LogP contribution in [-0.4, -0.2) is 15.3 Å². The summed E-state index contributed by atoms with van der Waals surface area (Å²) >= 11 is 3.45. The summed E-state index contributed by atoms with van der Waals surface area (Å²) in [5, 5.41) is 1.70. The number of rotatable bonds is 7. The summed E-state index contributed by atoms with van der Waals surface area (Å²) < 4.78 is 1.83. The molecular formula is C21H24N2OS2. The number of thioether (sulfide) groups is 1. The number of unbranched alkanes of at least 4 members (excludes halogenated alkanes) is 3. The molecule has 1 aliphatic rings. The normalized spacial score (nSPS) is 13.4. The Morgan fingerprint density at radius 3 is 2.81 bits per heavy atom. The minimum absolute atomic E-state index is 0.108. The van der Waals surface area contributed by atoms with Gasteiger partial charge in [-0.1, -0.05) is 56.1 Å². The molecule has 0 saturated heterocycles. The van der Waals surface area contributed by atoms with Gasteiger partial charge in [-0.25, -0.2) is 4.98 Å². The third-order valence-electron chi connectivity index (χ3n) is 4.95. The number of aryl methyl sites for hydroxylation is 2. The fourth-order valence-electron chi connectivity index (χ4n) is 3.62. The molecule has 0 aliphatic heterocycles. The number of hydrogen-bond donors (Lipinski definition) is 0. The Hall–Kier alpha value is -1.59. The molecule has 1 aromatic carbocycles. The van der Waals surface area contributed by atoms with Crippen LogP contribution in [0.25, 0.3) is 15.9 Å². The predicted molar refractivity (Wildman–Crippen MR) is 112 cm³/mol. The summed E-state index contributed by atoms with van der Waals surface area (Å²) in [6.45, 7) is 2.23. The molecule has 0 radical (unpaired) electrons. The number of nitrogens with zero attached hydrogens (tertiary/aromatic N) is 2. The molecule has 0 spiro atoms. The molecular weight excluding hydrogens is 360 g/mol. The zero-order valence-electron chi connectivity index (χ0n) is 15.2. The van der Waals surface area contributed by atoms with E-state index in [-0.39, 0.29) is 5.56 Å². The number of aromatic nitrogens is 2. The van der Waals surface area contributed by atoms with E-state index in [1.807, 2.05) is 34.9 Å². The number of para-hydroxylation sites is 1. The summed E-state index contributed by atoms with van der Waals surface area (Å²) in [5.41, 5.74) is 2.28. The lowest BCUT2D eigenvalue weighted by molar-refractivity contribution is 0.705. The molecule has 2 heterocycles. The Bertz CT molecular complexity index is 960. The molecule has 0 bridgehead atoms. The molecule has 3 aromatic rings. The summed E-state index contributed by atoms with van der Waals surface area (Å²) in [7, 11) is 0. The van der Waals surface area contributed by atoms with Gasteiger partial charge in [0, 0.05) is 10.6 Å². The lowest BCUT2D eigenvalue weighted by Crippen LogP contribution is -2.21. The second-order valence-corrected chi connectivity index (χ2v) is 8.96. The monoisotopic (exact) mass is 384 g/mol. The lowest BCUT2D eigenvalue weighted by atomic mass is 10.2. The molecule has 0 N–H and O–H groups in total. The maximum atomic E-state index is 13.4. The quantitative estimate of drug-likeness (QED) is 0.302. The van der Waals surface area contributed by atoms with Crippen molar-refractivity contribution in [2.24, 2.45) is 0 Å². The van der Waals surface area contributed by atoms with Gasteiger partial charge >= 0.3 is 0 Å². The minimum Gasteiger partial charge on any atom is -0.268 e. The molecule has 4 rings (SSSR count). The van der Waals surface area contributed by atoms with E-state index in [1.54, 1.807) is 23.1 Å². The first-order valence-corrected chi connectivity index (χ1v) is 11.4. The highest BCUT2D eigenvalue weighted by atomic mass is 32.2. The summed E-state index contributed by atoms with van der Waals surface area (Å²) in [6.07, 6.45) is 8.21. The second-order valence-electron chi connectivity index (χ2n) is 6.82. The molecule has 0 atom stereocenters. The highest BCUT2D eigenvalue weighted by Crippen LogP contribution is 2.36. The van der Waals surface area contributed by atoms with Crippen molar-refractivity contribution in [2.45, 2.75) is 57.0 Å². The third-order valence-corrected chi connectivity index (χ3v) is 7.16. The molecule has 5 heteroatoms. The van der Waals surface area contributed by atoms with Crippen LogP contribution in [0, 0.1) is 0 Å². The molecule has 3 nitrogen and oxygen atoms in total. The fourth-order valence-corrected chi connectivity index (χ4v) is 5.93. The lowest BCUT2D eigenvalue weighted by Gasteiger charge is -2.12. The number of hydrogen-bond acceptors (Lipinski definition) is 4. The SMILES string of the molecule is CCCCCCSc1nc2sc3c(c2c(=O)n1-c1ccccc1)CCC3. The van der Waals surface area contributed by atoms with Gasteiger partial charge in [-0.3, -0.25) is 9.36 Å². The standard InChI is InChI=1S/C21H24N2OS2/c1-2-3-4-8-14-25-21-22-19-18(16-12-9-13-17(16)26-19)20(24)23(21)15-10-6-5-7-11-15/h5-7,10-11H,2-4,8-9,12-14H2,1H3. The molecule has 0 fully saturated rings. The molecule has 1 aliphatic carbocycles. The van der Waals surface area contributed by atoms with Gasteiger partial charge in [0.25, 0.3) is 5.56 Å². The van der Waals surface area contributed by atoms with Crippen LogP contribution in [-0.2, 0) is 12.8 Å². The molecule has 136 valence electrons. The first-order valence-electron chi connectivity index (χ1n) is 9.55. The topological polar surface area (TPSA) is 34.9 Å². The van der Waals surface area contributed by atoms with E-state index in [0.29, 0.717) is 0 Å². The maximum Gasteiger partial charge on any atom is 0.267 e. The van der Waals surface area contributed by atoms with Crippen LogP contribution in [0.15, 0.2) is 40.3 Å². The van der Waals surface area contributed by atoms with Gasteiger partial charge < -0.3 is 0 Å². The summed E-state index contributed by atoms with van der Waals surface area (Å²) in [5.74, 6) is 1.01. The van der Waals surface area contributed by atoms with Gasteiger partial charge in [-0.15, -0.1) is 11.3 Å². The van der Waals surface area contributed by atoms with Gasteiger partial charge in [0.05, 0.1) is 11.1 Å². The molecule has 26 heavy (non-hydrogen) atoms. The number of thiophene rings is 1. The van der Waals surface area contributed by atoms with Crippen LogP contribution in [0.3, 0.4) is 0 Å². The predicted octanol–water partition coefficient (Wildman–Crippen LogP) is 5.61. The van der Waals surface area contributed by atoms with Crippen LogP contribution < -0.4 is 5.56 Å². The van der Waals surface area contributed by atoms with Gasteiger partial charge in [0.1, 0.15) is 4.83 Å². The van der Waals surface area contributed by atoms with Gasteiger partial charge in [0.2, 0.25) is 0 Å². The van der Waals surface area contributed by atoms with Crippen molar-refractivity contribution in [1.82, 2.24) is 9.55 Å². The van der Waals surface area contributed by atoms with Crippen molar-refractivity contribution in [3.63, 3.8) is 0 Å². The van der Waals surface area contributed by atoms with Crippen LogP contribution in [0.5, 0.6) is 0 Å². The van der Waals surface area contributed by atoms with Crippen molar-refractivity contribution in [3.05, 3.63) is 51.1 Å². The Morgan fingerprint density at radius 1 is 1.15 bits per heavy atom. The average Bonchev–Trinajstić information content (AvgIpc) is 3.23. The number of fused-ring (bicyclic) bond motifs is 3. The Labute approximate surface area is 162 Å². The fraction of sp³-hybridized carbons (Fsp3) is 0.429. The van der Waals surface area contributed by atoms with E-state index in [2.05, 4.69) is 6.92 Å². The zero-order valence-corrected chi connectivity index (χ0v) is 16.8. The van der Waals surface area contributed by atoms with E-state index in [9.17, 15) is 4.79 Å². The smallest absolute Gasteiger partial charge is 0.267 e. The van der Waals surface area contributed by atoms with E-state index in [1.165, 1.54) is 36.1 Å². The van der Waals surface area contributed by atoms with Gasteiger partial charge in [-0.2, -0.15) is 0 Å². The first-order chi connectivity index (χ1) is 12.8.